The van der Waals surface area contributed by atoms with Gasteiger partial charge >= 0.3 is 5.63 Å². The van der Waals surface area contributed by atoms with Gasteiger partial charge in [-0.25, -0.2) is 9.18 Å². The first-order valence-electron chi connectivity index (χ1n) is 7.15. The number of rotatable bonds is 3. The average Bonchev–Trinajstić information content (AvgIpc) is 2.56. The van der Waals surface area contributed by atoms with E-state index in [0.717, 1.165) is 12.1 Å². The third-order valence-corrected chi connectivity index (χ3v) is 3.63. The Hall–Kier alpha value is -3.55. The summed E-state index contributed by atoms with van der Waals surface area (Å²) in [6.45, 7) is 1.66. The number of fused-ring (bicyclic) bond motifs is 1. The van der Waals surface area contributed by atoms with Crippen LogP contribution in [0.25, 0.3) is 10.8 Å². The maximum atomic E-state index is 13.3. The minimum Gasteiger partial charge on any atom is -0.417 e. The lowest BCUT2D eigenvalue weighted by Gasteiger charge is -2.08. The van der Waals surface area contributed by atoms with Crippen LogP contribution in [0.15, 0.2) is 51.7 Å². The predicted octanol–water partition coefficient (Wildman–Crippen LogP) is 3.40. The molecule has 0 saturated carbocycles. The van der Waals surface area contributed by atoms with Crippen molar-refractivity contribution in [2.24, 2.45) is 0 Å². The molecule has 0 saturated heterocycles. The molecule has 126 valence electrons. The Morgan fingerprint density at radius 1 is 1.20 bits per heavy atom. The first kappa shape index (κ1) is 16.3. The molecule has 0 fully saturated rings. The Balaban J connectivity index is 1.99. The number of non-ortho nitro benzene ring substituents is 1. The minimum absolute atomic E-state index is 0.143. The molecule has 25 heavy (non-hydrogen) atoms. The van der Waals surface area contributed by atoms with E-state index in [1.807, 2.05) is 0 Å². The van der Waals surface area contributed by atoms with E-state index in [4.69, 9.17) is 4.42 Å². The van der Waals surface area contributed by atoms with Gasteiger partial charge in [0.2, 0.25) is 0 Å². The molecule has 1 aromatic heterocycles. The number of nitrogens with zero attached hydrogens (tertiary/aromatic N) is 1. The Kier molecular flexibility index (Phi) is 4.02. The Morgan fingerprint density at radius 3 is 2.68 bits per heavy atom. The molecular weight excluding hydrogens is 331 g/mol. The van der Waals surface area contributed by atoms with Crippen LogP contribution in [0, 0.1) is 22.9 Å². The van der Waals surface area contributed by atoms with E-state index in [0.29, 0.717) is 5.56 Å². The molecule has 0 unspecified atom stereocenters. The average molecular weight is 342 g/mol. The van der Waals surface area contributed by atoms with Crippen LogP contribution in [0.1, 0.15) is 16.1 Å². The van der Waals surface area contributed by atoms with Crippen LogP contribution in [-0.4, -0.2) is 10.8 Å². The predicted molar refractivity (Wildman–Crippen MR) is 88.2 cm³/mol. The van der Waals surface area contributed by atoms with Crippen molar-refractivity contribution in [1.29, 1.82) is 0 Å². The van der Waals surface area contributed by atoms with E-state index >= 15 is 0 Å². The van der Waals surface area contributed by atoms with E-state index in [-0.39, 0.29) is 27.9 Å². The summed E-state index contributed by atoms with van der Waals surface area (Å²) in [7, 11) is 0. The molecule has 0 spiro atoms. The van der Waals surface area contributed by atoms with Gasteiger partial charge in [-0.3, -0.25) is 14.9 Å². The molecule has 0 aliphatic carbocycles. The summed E-state index contributed by atoms with van der Waals surface area (Å²) in [5, 5.41) is 13.7. The largest absolute Gasteiger partial charge is 0.417 e. The van der Waals surface area contributed by atoms with Gasteiger partial charge in [0.1, 0.15) is 5.82 Å². The van der Waals surface area contributed by atoms with Crippen molar-refractivity contribution in [3.63, 3.8) is 0 Å². The monoisotopic (exact) mass is 342 g/mol. The summed E-state index contributed by atoms with van der Waals surface area (Å²) < 4.78 is 18.3. The molecule has 8 heteroatoms. The van der Waals surface area contributed by atoms with E-state index in [2.05, 4.69) is 5.32 Å². The summed E-state index contributed by atoms with van der Waals surface area (Å²) in [6.07, 6.45) is 0. The molecule has 1 amide bonds. The Labute approximate surface area is 139 Å². The van der Waals surface area contributed by atoms with Crippen LogP contribution in [-0.2, 0) is 0 Å². The molecule has 3 rings (SSSR count). The molecule has 1 N–H and O–H groups in total. The van der Waals surface area contributed by atoms with E-state index in [1.165, 1.54) is 30.3 Å². The maximum Gasteiger partial charge on any atom is 0.344 e. The van der Waals surface area contributed by atoms with Crippen molar-refractivity contribution in [2.45, 2.75) is 6.92 Å². The molecule has 0 aliphatic heterocycles. The molecule has 7 nitrogen and oxygen atoms in total. The standard InChI is InChI=1S/C17H11FN2O5/c1-9-2-4-12(20(23)24)8-14(9)19-16(21)15-7-10-6-11(18)3-5-13(10)17(22)25-15/h2-8H,1H3,(H,19,21). The van der Waals surface area contributed by atoms with E-state index < -0.39 is 22.3 Å². The van der Waals surface area contributed by atoms with Crippen LogP contribution in [0.2, 0.25) is 0 Å². The zero-order valence-electron chi connectivity index (χ0n) is 12.9. The highest BCUT2D eigenvalue weighted by atomic mass is 19.1. The Bertz CT molecular complexity index is 1070. The van der Waals surface area contributed by atoms with Crippen molar-refractivity contribution >= 4 is 28.1 Å². The number of amides is 1. The zero-order valence-corrected chi connectivity index (χ0v) is 12.9. The van der Waals surface area contributed by atoms with Crippen LogP contribution < -0.4 is 10.9 Å². The van der Waals surface area contributed by atoms with Gasteiger partial charge in [-0.1, -0.05) is 6.07 Å². The molecule has 0 aliphatic rings. The number of hydrogen-bond acceptors (Lipinski definition) is 5. The number of nitro groups is 1. The number of nitrogens with one attached hydrogen (secondary N) is 1. The number of nitro benzene ring substituents is 1. The molecule has 0 atom stereocenters. The highest BCUT2D eigenvalue weighted by molar-refractivity contribution is 6.04. The number of carbonyl (C=O) groups excluding carboxylic acids is 1. The lowest BCUT2D eigenvalue weighted by atomic mass is 10.1. The summed E-state index contributed by atoms with van der Waals surface area (Å²) in [4.78, 5) is 34.5. The second-order valence-electron chi connectivity index (χ2n) is 5.34. The molecule has 3 aromatic rings. The number of benzene rings is 2. The van der Waals surface area contributed by atoms with Crippen molar-refractivity contribution in [2.75, 3.05) is 5.32 Å². The van der Waals surface area contributed by atoms with Gasteiger partial charge in [0, 0.05) is 12.1 Å². The number of hydrogen-bond donors (Lipinski definition) is 1. The highest BCUT2D eigenvalue weighted by Gasteiger charge is 2.16. The molecule has 1 heterocycles. The van der Waals surface area contributed by atoms with Crippen molar-refractivity contribution < 1.29 is 18.5 Å². The fourth-order valence-electron chi connectivity index (χ4n) is 2.32. The van der Waals surface area contributed by atoms with Crippen LogP contribution >= 0.6 is 0 Å². The van der Waals surface area contributed by atoms with Gasteiger partial charge < -0.3 is 9.73 Å². The molecule has 0 bridgehead atoms. The van der Waals surface area contributed by atoms with Crippen molar-refractivity contribution in [1.82, 2.24) is 0 Å². The number of aryl methyl sites for hydroxylation is 1. The molecule has 0 radical (unpaired) electrons. The van der Waals surface area contributed by atoms with E-state index in [1.54, 1.807) is 6.92 Å². The lowest BCUT2D eigenvalue weighted by molar-refractivity contribution is -0.384. The van der Waals surface area contributed by atoms with E-state index in [9.17, 15) is 24.1 Å². The first-order valence-corrected chi connectivity index (χ1v) is 7.15. The fraction of sp³-hybridized carbons (Fsp3) is 0.0588. The number of anilines is 1. The van der Waals surface area contributed by atoms with Gasteiger partial charge in [-0.2, -0.15) is 0 Å². The number of carbonyl (C=O) groups is 1. The van der Waals surface area contributed by atoms with Crippen LogP contribution in [0.5, 0.6) is 0 Å². The van der Waals surface area contributed by atoms with Gasteiger partial charge in [-0.15, -0.1) is 0 Å². The summed E-state index contributed by atoms with van der Waals surface area (Å²) in [5.74, 6) is -1.65. The van der Waals surface area contributed by atoms with Crippen molar-refractivity contribution in [3.05, 3.63) is 80.1 Å². The minimum atomic E-state index is -0.779. The topological polar surface area (TPSA) is 102 Å². The Morgan fingerprint density at radius 2 is 1.96 bits per heavy atom. The quantitative estimate of drug-likeness (QED) is 0.580. The highest BCUT2D eigenvalue weighted by Crippen LogP contribution is 2.23. The molecule has 2 aromatic carbocycles. The van der Waals surface area contributed by atoms with Gasteiger partial charge in [0.15, 0.2) is 5.76 Å². The van der Waals surface area contributed by atoms with Gasteiger partial charge in [0.05, 0.1) is 16.0 Å². The SMILES string of the molecule is Cc1ccc([N+](=O)[O-])cc1NC(=O)c1cc2cc(F)ccc2c(=O)o1. The first-order chi connectivity index (χ1) is 11.8. The zero-order chi connectivity index (χ0) is 18.1. The second-order valence-corrected chi connectivity index (χ2v) is 5.34. The number of halogens is 1. The van der Waals surface area contributed by atoms with Gasteiger partial charge in [0.25, 0.3) is 11.6 Å². The van der Waals surface area contributed by atoms with Crippen molar-refractivity contribution in [3.8, 4) is 0 Å². The molecular formula is C17H11FN2O5. The van der Waals surface area contributed by atoms with Gasteiger partial charge in [-0.05, 0) is 42.1 Å². The third kappa shape index (κ3) is 3.23. The maximum absolute atomic E-state index is 13.3. The van der Waals surface area contributed by atoms with Crippen LogP contribution in [0.4, 0.5) is 15.8 Å². The summed E-state index contributed by atoms with van der Waals surface area (Å²) in [6, 6.07) is 8.73. The smallest absolute Gasteiger partial charge is 0.344 e. The lowest BCUT2D eigenvalue weighted by Crippen LogP contribution is -2.15. The second kappa shape index (κ2) is 6.16. The summed E-state index contributed by atoms with van der Waals surface area (Å²) >= 11 is 0. The third-order valence-electron chi connectivity index (χ3n) is 3.63. The van der Waals surface area contributed by atoms with Crippen LogP contribution in [0.3, 0.4) is 0 Å². The normalized spacial score (nSPS) is 10.6. The fourth-order valence-corrected chi connectivity index (χ4v) is 2.32. The summed E-state index contributed by atoms with van der Waals surface area (Å²) in [5.41, 5.74) is -0.171.